The molecule has 0 spiro atoms. The molecule has 0 aliphatic carbocycles. The minimum atomic E-state index is -4.13. The Morgan fingerprint density at radius 1 is 1.11 bits per heavy atom. The number of nitrogens with zero attached hydrogens (tertiary/aromatic N) is 3. The molecule has 9 heteroatoms. The van der Waals surface area contributed by atoms with Gasteiger partial charge >= 0.3 is 6.18 Å². The number of alkyl halides is 3. The average Bonchev–Trinajstić information content (AvgIpc) is 2.99. The predicted molar refractivity (Wildman–Crippen MR) is 120 cm³/mol. The summed E-state index contributed by atoms with van der Waals surface area (Å²) in [5.74, 6) is 1.53. The molecule has 2 rings (SSSR count). The molecular formula is C19H37F3IN5. The van der Waals surface area contributed by atoms with Crippen LogP contribution in [0, 0.1) is 5.92 Å². The van der Waals surface area contributed by atoms with Crippen molar-refractivity contribution in [3.8, 4) is 0 Å². The van der Waals surface area contributed by atoms with Crippen molar-refractivity contribution in [2.24, 2.45) is 10.9 Å². The number of nitrogens with one attached hydrogen (secondary N) is 2. The zero-order chi connectivity index (χ0) is 19.7. The number of likely N-dealkylation sites (tertiary alicyclic amines) is 2. The van der Waals surface area contributed by atoms with Gasteiger partial charge in [0.05, 0.1) is 6.54 Å². The lowest BCUT2D eigenvalue weighted by Gasteiger charge is -2.30. The summed E-state index contributed by atoms with van der Waals surface area (Å²) in [6, 6.07) is 0.0278. The lowest BCUT2D eigenvalue weighted by atomic mass is 10.0. The molecule has 0 bridgehead atoms. The Balaban J connectivity index is 0.00000392. The summed E-state index contributed by atoms with van der Waals surface area (Å²) in [7, 11) is 0. The topological polar surface area (TPSA) is 42.9 Å². The van der Waals surface area contributed by atoms with Crippen LogP contribution >= 0.6 is 24.0 Å². The van der Waals surface area contributed by atoms with Crippen LogP contribution in [-0.2, 0) is 0 Å². The van der Waals surface area contributed by atoms with E-state index in [0.29, 0.717) is 19.5 Å². The zero-order valence-corrected chi connectivity index (χ0v) is 19.6. The van der Waals surface area contributed by atoms with Crippen LogP contribution in [0.15, 0.2) is 4.99 Å². The van der Waals surface area contributed by atoms with Crippen molar-refractivity contribution in [2.45, 2.75) is 58.2 Å². The van der Waals surface area contributed by atoms with Crippen LogP contribution in [-0.4, -0.2) is 80.3 Å². The number of unbranched alkanes of at least 4 members (excludes halogenated alkanes) is 1. The van der Waals surface area contributed by atoms with E-state index in [1.807, 2.05) is 6.92 Å². The second kappa shape index (κ2) is 13.1. The van der Waals surface area contributed by atoms with Gasteiger partial charge in [0.25, 0.3) is 0 Å². The van der Waals surface area contributed by atoms with Gasteiger partial charge in [-0.2, -0.15) is 13.2 Å². The van der Waals surface area contributed by atoms with Crippen molar-refractivity contribution in [1.82, 2.24) is 20.4 Å². The largest absolute Gasteiger partial charge is 0.401 e. The van der Waals surface area contributed by atoms with Gasteiger partial charge in [0, 0.05) is 38.8 Å². The molecule has 0 amide bonds. The smallest absolute Gasteiger partial charge is 0.357 e. The van der Waals surface area contributed by atoms with E-state index >= 15 is 0 Å². The van der Waals surface area contributed by atoms with Gasteiger partial charge in [-0.15, -0.1) is 24.0 Å². The molecule has 0 aromatic carbocycles. The van der Waals surface area contributed by atoms with Crippen molar-refractivity contribution >= 4 is 29.9 Å². The number of halogens is 4. The van der Waals surface area contributed by atoms with Crippen LogP contribution in [0.5, 0.6) is 0 Å². The van der Waals surface area contributed by atoms with Crippen LogP contribution in [0.1, 0.15) is 46.0 Å². The monoisotopic (exact) mass is 519 g/mol. The summed E-state index contributed by atoms with van der Waals surface area (Å²) in [4.78, 5) is 8.62. The molecule has 2 heterocycles. The van der Waals surface area contributed by atoms with Crippen molar-refractivity contribution in [2.75, 3.05) is 52.4 Å². The minimum absolute atomic E-state index is 0. The quantitative estimate of drug-likeness (QED) is 0.224. The highest BCUT2D eigenvalue weighted by molar-refractivity contribution is 14.0. The number of guanidine groups is 1. The van der Waals surface area contributed by atoms with Crippen molar-refractivity contribution in [1.29, 1.82) is 0 Å². The number of hydrogen-bond acceptors (Lipinski definition) is 3. The molecule has 5 nitrogen and oxygen atoms in total. The van der Waals surface area contributed by atoms with E-state index in [1.165, 1.54) is 30.8 Å². The van der Waals surface area contributed by atoms with Crippen molar-refractivity contribution in [3.63, 3.8) is 0 Å². The number of aliphatic imine (C=N–C) groups is 1. The number of hydrogen-bond donors (Lipinski definition) is 2. The van der Waals surface area contributed by atoms with Crippen molar-refractivity contribution < 1.29 is 13.2 Å². The fraction of sp³-hybridized carbons (Fsp3) is 0.947. The average molecular weight is 519 g/mol. The standard InChI is InChI=1S/C19H36F3N5.HI/c1-3-23-18(25-17-8-12-27(14-17)15-19(20,21)22)24-9-4-5-10-26-11-6-7-16(2)13-26;/h16-17H,3-15H2,1-2H3,(H2,23,24,25);1H. The van der Waals surface area contributed by atoms with Crippen LogP contribution in [0.2, 0.25) is 0 Å². The van der Waals surface area contributed by atoms with E-state index in [2.05, 4.69) is 27.4 Å². The Bertz CT molecular complexity index is 461. The molecule has 2 N–H and O–H groups in total. The predicted octanol–water partition coefficient (Wildman–Crippen LogP) is 3.31. The number of piperidine rings is 1. The lowest BCUT2D eigenvalue weighted by Crippen LogP contribution is -2.45. The Labute approximate surface area is 184 Å². The fourth-order valence-electron chi connectivity index (χ4n) is 3.99. The highest BCUT2D eigenvalue weighted by Crippen LogP contribution is 2.20. The van der Waals surface area contributed by atoms with Gasteiger partial charge in [-0.3, -0.25) is 9.89 Å². The molecule has 2 aliphatic rings. The van der Waals surface area contributed by atoms with Gasteiger partial charge in [0.1, 0.15) is 0 Å². The summed E-state index contributed by atoms with van der Waals surface area (Å²) < 4.78 is 37.5. The van der Waals surface area contributed by atoms with Crippen molar-refractivity contribution in [3.05, 3.63) is 0 Å². The highest BCUT2D eigenvalue weighted by atomic mass is 127. The van der Waals surface area contributed by atoms with Gasteiger partial charge in [-0.25, -0.2) is 0 Å². The second-order valence-corrected chi connectivity index (χ2v) is 8.00. The van der Waals surface area contributed by atoms with Crippen LogP contribution < -0.4 is 10.6 Å². The van der Waals surface area contributed by atoms with E-state index < -0.39 is 12.7 Å². The summed E-state index contributed by atoms with van der Waals surface area (Å²) in [6.07, 6.45) is 1.42. The summed E-state index contributed by atoms with van der Waals surface area (Å²) in [5, 5.41) is 6.50. The van der Waals surface area contributed by atoms with Gasteiger partial charge in [0.2, 0.25) is 0 Å². The maximum absolute atomic E-state index is 12.5. The third-order valence-electron chi connectivity index (χ3n) is 5.25. The minimum Gasteiger partial charge on any atom is -0.357 e. The molecule has 2 fully saturated rings. The molecule has 2 saturated heterocycles. The molecule has 2 aliphatic heterocycles. The molecule has 0 aromatic rings. The SMILES string of the molecule is CCNC(=NCCCCN1CCCC(C)C1)NC1CCN(CC(F)(F)F)C1.I. The first kappa shape index (κ1) is 25.7. The Hall–Kier alpha value is -0.290. The summed E-state index contributed by atoms with van der Waals surface area (Å²) in [5.41, 5.74) is 0. The van der Waals surface area contributed by atoms with Gasteiger partial charge in [-0.05, 0) is 58.0 Å². The van der Waals surface area contributed by atoms with Gasteiger partial charge in [-0.1, -0.05) is 6.92 Å². The zero-order valence-electron chi connectivity index (χ0n) is 17.2. The van der Waals surface area contributed by atoms with Crippen LogP contribution in [0.25, 0.3) is 0 Å². The fourth-order valence-corrected chi connectivity index (χ4v) is 3.99. The lowest BCUT2D eigenvalue weighted by molar-refractivity contribution is -0.143. The van der Waals surface area contributed by atoms with E-state index in [1.54, 1.807) is 0 Å². The summed E-state index contributed by atoms with van der Waals surface area (Å²) in [6.45, 7) is 9.45. The van der Waals surface area contributed by atoms with Crippen LogP contribution in [0.4, 0.5) is 13.2 Å². The molecule has 166 valence electrons. The van der Waals surface area contributed by atoms with E-state index in [0.717, 1.165) is 44.4 Å². The molecule has 0 radical (unpaired) electrons. The maximum Gasteiger partial charge on any atom is 0.401 e. The summed E-state index contributed by atoms with van der Waals surface area (Å²) >= 11 is 0. The number of rotatable bonds is 8. The van der Waals surface area contributed by atoms with Gasteiger partial charge < -0.3 is 15.5 Å². The Morgan fingerprint density at radius 2 is 1.89 bits per heavy atom. The third kappa shape index (κ3) is 10.5. The molecule has 2 atom stereocenters. The molecule has 28 heavy (non-hydrogen) atoms. The molecule has 2 unspecified atom stereocenters. The van der Waals surface area contributed by atoms with E-state index in [4.69, 9.17) is 0 Å². The second-order valence-electron chi connectivity index (χ2n) is 8.00. The maximum atomic E-state index is 12.5. The van der Waals surface area contributed by atoms with E-state index in [-0.39, 0.29) is 30.0 Å². The molecule has 0 aromatic heterocycles. The normalized spacial score (nSPS) is 24.8. The third-order valence-corrected chi connectivity index (χ3v) is 5.25. The highest BCUT2D eigenvalue weighted by Gasteiger charge is 2.34. The Morgan fingerprint density at radius 3 is 2.57 bits per heavy atom. The van der Waals surface area contributed by atoms with E-state index in [9.17, 15) is 13.2 Å². The first-order chi connectivity index (χ1) is 12.9. The molecule has 0 saturated carbocycles. The van der Waals surface area contributed by atoms with Gasteiger partial charge in [0.15, 0.2) is 5.96 Å². The van der Waals surface area contributed by atoms with Crippen LogP contribution in [0.3, 0.4) is 0 Å². The molecular weight excluding hydrogens is 482 g/mol. The first-order valence-corrected chi connectivity index (χ1v) is 10.4. The first-order valence-electron chi connectivity index (χ1n) is 10.4. The Kier molecular flexibility index (Phi) is 12.0.